The Labute approximate surface area is 126 Å². The molecule has 0 saturated heterocycles. The van der Waals surface area contributed by atoms with Crippen LogP contribution in [0.15, 0.2) is 24.3 Å². The zero-order valence-electron chi connectivity index (χ0n) is 13.0. The van der Waals surface area contributed by atoms with Crippen LogP contribution in [0.25, 0.3) is 0 Å². The zero-order chi connectivity index (χ0) is 16.3. The van der Waals surface area contributed by atoms with Crippen LogP contribution in [0.2, 0.25) is 0 Å². The van der Waals surface area contributed by atoms with Crippen LogP contribution in [0.1, 0.15) is 27.7 Å². The van der Waals surface area contributed by atoms with Crippen molar-refractivity contribution in [1.29, 1.82) is 0 Å². The summed E-state index contributed by atoms with van der Waals surface area (Å²) in [5.74, 6) is -0.0964. The Balaban J connectivity index is 2.65. The van der Waals surface area contributed by atoms with Gasteiger partial charge in [0.1, 0.15) is 6.04 Å². The maximum atomic E-state index is 12.0. The minimum absolute atomic E-state index is 0.0964. The van der Waals surface area contributed by atoms with Crippen molar-refractivity contribution < 1.29 is 13.2 Å². The molecule has 0 radical (unpaired) electrons. The third-order valence-electron chi connectivity index (χ3n) is 2.46. The fourth-order valence-electron chi connectivity index (χ4n) is 1.64. The van der Waals surface area contributed by atoms with Crippen LogP contribution in [0, 0.1) is 0 Å². The Kier molecular flexibility index (Phi) is 5.22. The van der Waals surface area contributed by atoms with Crippen LogP contribution in [0.4, 0.5) is 11.4 Å². The third kappa shape index (κ3) is 6.99. The lowest BCUT2D eigenvalue weighted by atomic mass is 10.1. The maximum Gasteiger partial charge on any atom is 0.242 e. The topological polar surface area (TPSA) is 87.3 Å². The highest BCUT2D eigenvalue weighted by Gasteiger charge is 2.18. The van der Waals surface area contributed by atoms with E-state index in [2.05, 4.69) is 15.4 Å². The van der Waals surface area contributed by atoms with E-state index in [0.29, 0.717) is 5.69 Å². The molecule has 0 bridgehead atoms. The van der Waals surface area contributed by atoms with Gasteiger partial charge >= 0.3 is 0 Å². The van der Waals surface area contributed by atoms with Crippen molar-refractivity contribution in [3.63, 3.8) is 0 Å². The van der Waals surface area contributed by atoms with Crippen molar-refractivity contribution in [3.8, 4) is 0 Å². The first-order valence-electron chi connectivity index (χ1n) is 6.63. The highest BCUT2D eigenvalue weighted by atomic mass is 32.2. The monoisotopic (exact) mass is 313 g/mol. The molecule has 118 valence electrons. The highest BCUT2D eigenvalue weighted by molar-refractivity contribution is 7.92. The number of carbonyl (C=O) groups is 1. The Bertz CT molecular complexity index is 589. The number of hydrogen-bond donors (Lipinski definition) is 3. The largest absolute Gasteiger partial charge is 0.374 e. The number of carbonyl (C=O) groups excluding carboxylic acids is 1. The summed E-state index contributed by atoms with van der Waals surface area (Å²) in [5, 5.41) is 5.95. The first-order chi connectivity index (χ1) is 9.46. The van der Waals surface area contributed by atoms with Gasteiger partial charge in [-0.15, -0.1) is 0 Å². The van der Waals surface area contributed by atoms with Gasteiger partial charge in [0.05, 0.1) is 6.26 Å². The summed E-state index contributed by atoms with van der Waals surface area (Å²) in [6.45, 7) is 7.53. The van der Waals surface area contributed by atoms with Gasteiger partial charge in [-0.05, 0) is 52.0 Å². The third-order valence-corrected chi connectivity index (χ3v) is 3.07. The normalized spacial score (nSPS) is 13.4. The lowest BCUT2D eigenvalue weighted by Crippen LogP contribution is -2.47. The van der Waals surface area contributed by atoms with Crippen molar-refractivity contribution in [3.05, 3.63) is 24.3 Å². The Morgan fingerprint density at radius 2 is 1.57 bits per heavy atom. The van der Waals surface area contributed by atoms with Gasteiger partial charge < -0.3 is 10.6 Å². The van der Waals surface area contributed by atoms with Gasteiger partial charge in [-0.2, -0.15) is 0 Å². The number of benzene rings is 1. The second-order valence-corrected chi connectivity index (χ2v) is 7.81. The first-order valence-corrected chi connectivity index (χ1v) is 8.52. The van der Waals surface area contributed by atoms with E-state index in [1.54, 1.807) is 31.2 Å². The standard InChI is InChI=1S/C14H23N3O3S/c1-10(13(18)16-14(2,3)4)15-11-6-8-12(9-7-11)17-21(5,19)20/h6-10,15,17H,1-5H3,(H,16,18). The van der Waals surface area contributed by atoms with Crippen molar-refractivity contribution in [2.24, 2.45) is 0 Å². The molecular formula is C14H23N3O3S. The van der Waals surface area contributed by atoms with E-state index < -0.39 is 16.1 Å². The molecule has 1 atom stereocenters. The molecule has 1 unspecified atom stereocenters. The lowest BCUT2D eigenvalue weighted by Gasteiger charge is -2.24. The molecule has 1 aromatic rings. The molecule has 0 spiro atoms. The predicted molar refractivity (Wildman–Crippen MR) is 85.9 cm³/mol. The molecular weight excluding hydrogens is 290 g/mol. The molecule has 3 N–H and O–H groups in total. The lowest BCUT2D eigenvalue weighted by molar-refractivity contribution is -0.122. The van der Waals surface area contributed by atoms with Crippen LogP contribution in [-0.4, -0.2) is 32.2 Å². The smallest absolute Gasteiger partial charge is 0.242 e. The molecule has 1 amide bonds. The number of rotatable bonds is 5. The van der Waals surface area contributed by atoms with Gasteiger partial charge in [-0.25, -0.2) is 8.42 Å². The van der Waals surface area contributed by atoms with Crippen LogP contribution in [0.5, 0.6) is 0 Å². The van der Waals surface area contributed by atoms with Gasteiger partial charge in [0.2, 0.25) is 15.9 Å². The minimum atomic E-state index is -3.28. The van der Waals surface area contributed by atoms with Gasteiger partial charge in [0.25, 0.3) is 0 Å². The molecule has 6 nitrogen and oxygen atoms in total. The average molecular weight is 313 g/mol. The summed E-state index contributed by atoms with van der Waals surface area (Å²) in [6, 6.07) is 6.32. The second-order valence-electron chi connectivity index (χ2n) is 6.06. The average Bonchev–Trinajstić information content (AvgIpc) is 2.27. The van der Waals surface area contributed by atoms with Crippen molar-refractivity contribution in [1.82, 2.24) is 5.32 Å². The summed E-state index contributed by atoms with van der Waals surface area (Å²) >= 11 is 0. The number of nitrogens with one attached hydrogen (secondary N) is 3. The quantitative estimate of drug-likeness (QED) is 0.773. The van der Waals surface area contributed by atoms with E-state index in [1.807, 2.05) is 20.8 Å². The molecule has 0 aliphatic heterocycles. The minimum Gasteiger partial charge on any atom is -0.374 e. The highest BCUT2D eigenvalue weighted by Crippen LogP contribution is 2.15. The van der Waals surface area contributed by atoms with Crippen molar-refractivity contribution in [2.45, 2.75) is 39.3 Å². The van der Waals surface area contributed by atoms with Crippen LogP contribution < -0.4 is 15.4 Å². The second kappa shape index (κ2) is 6.34. The Morgan fingerprint density at radius 1 is 1.10 bits per heavy atom. The van der Waals surface area contributed by atoms with Gasteiger partial charge in [-0.3, -0.25) is 9.52 Å². The van der Waals surface area contributed by atoms with E-state index in [9.17, 15) is 13.2 Å². The molecule has 21 heavy (non-hydrogen) atoms. The van der Waals surface area contributed by atoms with Crippen LogP contribution in [0.3, 0.4) is 0 Å². The fourth-order valence-corrected chi connectivity index (χ4v) is 2.21. The van der Waals surface area contributed by atoms with E-state index in [-0.39, 0.29) is 11.4 Å². The Morgan fingerprint density at radius 3 is 2.00 bits per heavy atom. The van der Waals surface area contributed by atoms with Gasteiger partial charge in [0, 0.05) is 16.9 Å². The van der Waals surface area contributed by atoms with Crippen molar-refractivity contribution in [2.75, 3.05) is 16.3 Å². The van der Waals surface area contributed by atoms with Crippen LogP contribution >= 0.6 is 0 Å². The van der Waals surface area contributed by atoms with Crippen LogP contribution in [-0.2, 0) is 14.8 Å². The fraction of sp³-hybridized carbons (Fsp3) is 0.500. The first kappa shape index (κ1) is 17.3. The summed E-state index contributed by atoms with van der Waals surface area (Å²) in [7, 11) is -3.28. The van der Waals surface area contributed by atoms with E-state index in [0.717, 1.165) is 11.9 Å². The van der Waals surface area contributed by atoms with E-state index in [1.165, 1.54) is 0 Å². The molecule has 0 fully saturated rings. The zero-order valence-corrected chi connectivity index (χ0v) is 13.8. The molecule has 1 aromatic carbocycles. The summed E-state index contributed by atoms with van der Waals surface area (Å²) < 4.78 is 24.6. The molecule has 0 aliphatic carbocycles. The predicted octanol–water partition coefficient (Wildman–Crippen LogP) is 1.77. The molecule has 7 heteroatoms. The van der Waals surface area contributed by atoms with Gasteiger partial charge in [0.15, 0.2) is 0 Å². The number of sulfonamides is 1. The number of hydrogen-bond acceptors (Lipinski definition) is 4. The molecule has 0 aromatic heterocycles. The van der Waals surface area contributed by atoms with E-state index in [4.69, 9.17) is 0 Å². The molecule has 0 aliphatic rings. The number of amides is 1. The summed E-state index contributed by atoms with van der Waals surface area (Å²) in [6.07, 6.45) is 1.10. The Hall–Kier alpha value is -1.76. The molecule has 0 heterocycles. The van der Waals surface area contributed by atoms with Gasteiger partial charge in [-0.1, -0.05) is 0 Å². The molecule has 1 rings (SSSR count). The number of anilines is 2. The maximum absolute atomic E-state index is 12.0. The van der Waals surface area contributed by atoms with E-state index >= 15 is 0 Å². The SMILES string of the molecule is CC(Nc1ccc(NS(C)(=O)=O)cc1)C(=O)NC(C)(C)C. The summed E-state index contributed by atoms with van der Waals surface area (Å²) in [5.41, 5.74) is 0.941. The van der Waals surface area contributed by atoms with Crippen molar-refractivity contribution >= 4 is 27.3 Å². The summed E-state index contributed by atoms with van der Waals surface area (Å²) in [4.78, 5) is 12.0. The molecule has 0 saturated carbocycles.